The van der Waals surface area contributed by atoms with Crippen molar-refractivity contribution in [2.24, 2.45) is 5.92 Å². The third kappa shape index (κ3) is 7.61. The Morgan fingerprint density at radius 3 is 2.55 bits per heavy atom. The van der Waals surface area contributed by atoms with E-state index in [-0.39, 0.29) is 23.8 Å². The van der Waals surface area contributed by atoms with Crippen LogP contribution < -0.4 is 10.9 Å². The van der Waals surface area contributed by atoms with Gasteiger partial charge in [-0.2, -0.15) is 0 Å². The predicted molar refractivity (Wildman–Crippen MR) is 115 cm³/mol. The quantitative estimate of drug-likeness (QED) is 0.193. The number of rotatable bonds is 12. The van der Waals surface area contributed by atoms with E-state index in [4.69, 9.17) is 0 Å². The maximum absolute atomic E-state index is 12.5. The molecule has 31 heavy (non-hydrogen) atoms. The number of carbonyl (C=O) groups is 2. The molecule has 0 spiro atoms. The van der Waals surface area contributed by atoms with Crippen molar-refractivity contribution in [3.8, 4) is 11.3 Å². The van der Waals surface area contributed by atoms with Crippen molar-refractivity contribution in [3.05, 3.63) is 36.5 Å². The Morgan fingerprint density at radius 1 is 1.23 bits per heavy atom. The van der Waals surface area contributed by atoms with Gasteiger partial charge in [0.25, 0.3) is 0 Å². The third-order valence-corrected chi connectivity index (χ3v) is 5.72. The second-order valence-electron chi connectivity index (χ2n) is 7.10. The zero-order valence-corrected chi connectivity index (χ0v) is 18.3. The number of carbonyl (C=O) groups excluding carboxylic acids is 2. The Kier molecular flexibility index (Phi) is 8.88. The summed E-state index contributed by atoms with van der Waals surface area (Å²) in [6.07, 6.45) is 6.12. The van der Waals surface area contributed by atoms with Crippen LogP contribution in [-0.4, -0.2) is 53.8 Å². The van der Waals surface area contributed by atoms with Crippen LogP contribution in [0.1, 0.15) is 32.6 Å². The van der Waals surface area contributed by atoms with E-state index in [0.717, 1.165) is 25.5 Å². The van der Waals surface area contributed by atoms with Crippen molar-refractivity contribution in [2.45, 2.75) is 37.5 Å². The molecule has 0 aliphatic rings. The summed E-state index contributed by atoms with van der Waals surface area (Å²) in [4.78, 5) is 31.8. The lowest BCUT2D eigenvalue weighted by molar-refractivity contribution is -0.154. The van der Waals surface area contributed by atoms with Gasteiger partial charge in [0.1, 0.15) is 0 Å². The van der Waals surface area contributed by atoms with Crippen molar-refractivity contribution in [3.63, 3.8) is 0 Å². The maximum atomic E-state index is 12.5. The highest BCUT2D eigenvalue weighted by atomic mass is 32.2. The minimum Gasteiger partial charge on any atom is -0.286 e. The molecule has 0 radical (unpaired) electrons. The molecule has 2 rings (SSSR count). The minimum atomic E-state index is -3.29. The van der Waals surface area contributed by atoms with Crippen molar-refractivity contribution >= 4 is 28.1 Å². The molecule has 2 amide bonds. The largest absolute Gasteiger partial charge is 0.286 e. The molecule has 0 fully saturated rings. The van der Waals surface area contributed by atoms with Gasteiger partial charge in [-0.15, -0.1) is 0 Å². The van der Waals surface area contributed by atoms with Crippen molar-refractivity contribution < 1.29 is 23.2 Å². The average molecular weight is 450 g/mol. The lowest BCUT2D eigenvalue weighted by Gasteiger charge is -2.19. The monoisotopic (exact) mass is 449 g/mol. The SMILES string of the molecule is CCCCC[C@H](CN(O)C=O)C(=O)NNc1nccc(-c2ccc(S(C)(=O)=O)cc2)n1. The molecule has 1 aromatic carbocycles. The number of amides is 2. The van der Waals surface area contributed by atoms with Crippen LogP contribution in [-0.2, 0) is 19.4 Å². The second kappa shape index (κ2) is 11.4. The van der Waals surface area contributed by atoms with Crippen molar-refractivity contribution in [1.82, 2.24) is 20.5 Å². The van der Waals surface area contributed by atoms with Gasteiger partial charge in [0.15, 0.2) is 9.84 Å². The maximum Gasteiger partial charge on any atom is 0.243 e. The molecule has 3 N–H and O–H groups in total. The number of hydroxylamine groups is 2. The average Bonchev–Trinajstić information content (AvgIpc) is 2.76. The van der Waals surface area contributed by atoms with Gasteiger partial charge in [-0.25, -0.2) is 23.4 Å². The van der Waals surface area contributed by atoms with Gasteiger partial charge in [0.2, 0.25) is 18.3 Å². The van der Waals surface area contributed by atoms with Gasteiger partial charge < -0.3 is 0 Å². The van der Waals surface area contributed by atoms with Gasteiger partial charge in [-0.05, 0) is 24.6 Å². The summed E-state index contributed by atoms with van der Waals surface area (Å²) in [5.41, 5.74) is 6.38. The number of nitrogens with one attached hydrogen (secondary N) is 2. The van der Waals surface area contributed by atoms with Crippen LogP contribution in [0.25, 0.3) is 11.3 Å². The summed E-state index contributed by atoms with van der Waals surface area (Å²) in [5.74, 6) is -0.855. The summed E-state index contributed by atoms with van der Waals surface area (Å²) < 4.78 is 23.2. The van der Waals surface area contributed by atoms with E-state index in [1.807, 2.05) is 6.92 Å². The molecular weight excluding hydrogens is 422 g/mol. The summed E-state index contributed by atoms with van der Waals surface area (Å²) in [6, 6.07) is 7.93. The number of aromatic nitrogens is 2. The molecule has 0 bridgehead atoms. The fourth-order valence-corrected chi connectivity index (χ4v) is 3.52. The fraction of sp³-hybridized carbons (Fsp3) is 0.400. The first kappa shape index (κ1) is 24.2. The zero-order chi connectivity index (χ0) is 22.9. The standard InChI is InChI=1S/C20H27N5O5S/c1-3-4-5-6-16(13-25(28)14-26)19(27)23-24-20-21-12-11-18(22-20)15-7-9-17(10-8-15)31(2,29)30/h7-12,14,16,28H,3-6,13H2,1-2H3,(H,23,27)(H,21,22,24)/t16-/m1/s1. The number of hydrogen-bond donors (Lipinski definition) is 3. The van der Waals surface area contributed by atoms with E-state index in [1.165, 1.54) is 18.3 Å². The Hall–Kier alpha value is -3.05. The zero-order valence-electron chi connectivity index (χ0n) is 17.5. The molecule has 0 saturated heterocycles. The lowest BCUT2D eigenvalue weighted by Crippen LogP contribution is -2.40. The Labute approximate surface area is 181 Å². The first-order chi connectivity index (χ1) is 14.7. The molecule has 0 aliphatic heterocycles. The molecule has 0 unspecified atom stereocenters. The molecule has 2 aromatic rings. The second-order valence-corrected chi connectivity index (χ2v) is 9.11. The molecule has 1 heterocycles. The number of hydrazine groups is 1. The molecule has 1 aromatic heterocycles. The number of anilines is 1. The van der Waals surface area contributed by atoms with E-state index in [2.05, 4.69) is 20.8 Å². The van der Waals surface area contributed by atoms with Crippen LogP contribution in [0.2, 0.25) is 0 Å². The van der Waals surface area contributed by atoms with Gasteiger partial charge in [0.05, 0.1) is 23.1 Å². The number of sulfone groups is 1. The molecule has 0 aliphatic carbocycles. The number of unbranched alkanes of at least 4 members (excludes halogenated alkanes) is 2. The van der Waals surface area contributed by atoms with E-state index in [0.29, 0.717) is 22.7 Å². The molecule has 0 saturated carbocycles. The van der Waals surface area contributed by atoms with Gasteiger partial charge in [0, 0.05) is 18.0 Å². The molecule has 1 atom stereocenters. The molecule has 10 nitrogen and oxygen atoms in total. The van der Waals surface area contributed by atoms with E-state index >= 15 is 0 Å². The Balaban J connectivity index is 2.05. The molecule has 11 heteroatoms. The highest BCUT2D eigenvalue weighted by Crippen LogP contribution is 2.20. The number of nitrogens with zero attached hydrogens (tertiary/aromatic N) is 3. The Bertz CT molecular complexity index is 982. The smallest absolute Gasteiger partial charge is 0.243 e. The predicted octanol–water partition coefficient (Wildman–Crippen LogP) is 2.03. The summed E-state index contributed by atoms with van der Waals surface area (Å²) >= 11 is 0. The number of benzene rings is 1. The summed E-state index contributed by atoms with van der Waals surface area (Å²) in [5, 5.41) is 9.91. The van der Waals surface area contributed by atoms with Crippen LogP contribution in [0.5, 0.6) is 0 Å². The Morgan fingerprint density at radius 2 is 1.94 bits per heavy atom. The van der Waals surface area contributed by atoms with E-state index in [9.17, 15) is 23.2 Å². The minimum absolute atomic E-state index is 0.117. The first-order valence-electron chi connectivity index (χ1n) is 9.84. The van der Waals surface area contributed by atoms with E-state index < -0.39 is 21.7 Å². The third-order valence-electron chi connectivity index (χ3n) is 4.59. The molecule has 168 valence electrons. The highest BCUT2D eigenvalue weighted by Gasteiger charge is 2.21. The van der Waals surface area contributed by atoms with Crippen molar-refractivity contribution in [1.29, 1.82) is 0 Å². The summed E-state index contributed by atoms with van der Waals surface area (Å²) in [6.45, 7) is 1.92. The fourth-order valence-electron chi connectivity index (χ4n) is 2.89. The van der Waals surface area contributed by atoms with Crippen LogP contribution in [0, 0.1) is 5.92 Å². The van der Waals surface area contributed by atoms with Crippen LogP contribution >= 0.6 is 0 Å². The normalized spacial score (nSPS) is 12.1. The van der Waals surface area contributed by atoms with Crippen LogP contribution in [0.3, 0.4) is 0 Å². The molecular formula is C20H27N5O5S. The highest BCUT2D eigenvalue weighted by molar-refractivity contribution is 7.90. The van der Waals surface area contributed by atoms with Crippen LogP contribution in [0.15, 0.2) is 41.4 Å². The van der Waals surface area contributed by atoms with Crippen molar-refractivity contribution in [2.75, 3.05) is 18.2 Å². The van der Waals surface area contributed by atoms with Gasteiger partial charge >= 0.3 is 0 Å². The van der Waals surface area contributed by atoms with Gasteiger partial charge in [-0.1, -0.05) is 38.3 Å². The number of hydrogen-bond acceptors (Lipinski definition) is 8. The summed E-state index contributed by atoms with van der Waals surface area (Å²) in [7, 11) is -3.29. The topological polar surface area (TPSA) is 142 Å². The van der Waals surface area contributed by atoms with E-state index in [1.54, 1.807) is 18.2 Å². The first-order valence-corrected chi connectivity index (χ1v) is 11.7. The lowest BCUT2D eigenvalue weighted by atomic mass is 10.0. The van der Waals surface area contributed by atoms with Crippen LogP contribution in [0.4, 0.5) is 5.95 Å². The van der Waals surface area contributed by atoms with Gasteiger partial charge in [-0.3, -0.25) is 25.6 Å².